The van der Waals surface area contributed by atoms with E-state index in [4.69, 9.17) is 9.47 Å². The van der Waals surface area contributed by atoms with Gasteiger partial charge in [-0.25, -0.2) is 13.1 Å². The summed E-state index contributed by atoms with van der Waals surface area (Å²) in [6.45, 7) is 0.297. The number of sulfonamides is 1. The van der Waals surface area contributed by atoms with Crippen molar-refractivity contribution in [1.82, 2.24) is 14.2 Å². The Morgan fingerprint density at radius 1 is 1.23 bits per heavy atom. The van der Waals surface area contributed by atoms with Crippen molar-refractivity contribution >= 4 is 15.9 Å². The van der Waals surface area contributed by atoms with Crippen molar-refractivity contribution in [3.8, 4) is 11.5 Å². The Hall–Kier alpha value is -2.52. The van der Waals surface area contributed by atoms with Gasteiger partial charge in [0.05, 0.1) is 14.2 Å². The maximum atomic E-state index is 12.7. The molecule has 0 fully saturated rings. The zero-order valence-electron chi connectivity index (χ0n) is 15.4. The van der Waals surface area contributed by atoms with E-state index in [-0.39, 0.29) is 16.5 Å². The van der Waals surface area contributed by atoms with Gasteiger partial charge in [0.25, 0.3) is 5.91 Å². The molecule has 1 amide bonds. The fourth-order valence-electron chi connectivity index (χ4n) is 2.52. The number of rotatable bonds is 7. The molecule has 26 heavy (non-hydrogen) atoms. The predicted molar refractivity (Wildman–Crippen MR) is 97.0 cm³/mol. The zero-order valence-corrected chi connectivity index (χ0v) is 16.3. The fraction of sp³-hybridized carbons (Fsp3) is 0.353. The molecular weight excluding hydrogens is 358 g/mol. The molecule has 142 valence electrons. The van der Waals surface area contributed by atoms with Crippen LogP contribution in [0.2, 0.25) is 0 Å². The molecule has 1 aromatic carbocycles. The largest absolute Gasteiger partial charge is 0.497 e. The van der Waals surface area contributed by atoms with Crippen LogP contribution in [0.15, 0.2) is 35.4 Å². The molecule has 0 saturated heterocycles. The summed E-state index contributed by atoms with van der Waals surface area (Å²) in [4.78, 5) is 14.3. The third kappa shape index (κ3) is 4.00. The molecule has 0 aliphatic carbocycles. The summed E-state index contributed by atoms with van der Waals surface area (Å²) < 4.78 is 38.1. The maximum Gasteiger partial charge on any atom is 0.270 e. The van der Waals surface area contributed by atoms with Crippen molar-refractivity contribution in [2.45, 2.75) is 11.4 Å². The fourth-order valence-corrected chi connectivity index (χ4v) is 3.32. The van der Waals surface area contributed by atoms with Crippen molar-refractivity contribution in [3.63, 3.8) is 0 Å². The first-order valence-electron chi connectivity index (χ1n) is 7.79. The Morgan fingerprint density at radius 3 is 2.50 bits per heavy atom. The van der Waals surface area contributed by atoms with E-state index >= 15 is 0 Å². The van der Waals surface area contributed by atoms with Crippen LogP contribution in [0, 0.1) is 0 Å². The van der Waals surface area contributed by atoms with Gasteiger partial charge in [0.1, 0.15) is 22.1 Å². The third-order valence-electron chi connectivity index (χ3n) is 4.03. The minimum Gasteiger partial charge on any atom is -0.497 e. The van der Waals surface area contributed by atoms with Gasteiger partial charge in [-0.2, -0.15) is 0 Å². The van der Waals surface area contributed by atoms with Gasteiger partial charge in [0.15, 0.2) is 0 Å². The summed E-state index contributed by atoms with van der Waals surface area (Å²) in [7, 11) is 4.10. The molecule has 0 aliphatic heterocycles. The minimum atomic E-state index is -3.61. The van der Waals surface area contributed by atoms with E-state index in [0.717, 1.165) is 5.56 Å². The minimum absolute atomic E-state index is 0.0429. The average molecular weight is 381 g/mol. The second kappa shape index (κ2) is 7.79. The lowest BCUT2D eigenvalue weighted by molar-refractivity contribution is 0.0774. The van der Waals surface area contributed by atoms with Crippen molar-refractivity contribution < 1.29 is 22.7 Å². The van der Waals surface area contributed by atoms with E-state index in [0.29, 0.717) is 18.0 Å². The second-order valence-corrected chi connectivity index (χ2v) is 7.61. The molecule has 1 heterocycles. The lowest BCUT2D eigenvalue weighted by Gasteiger charge is -2.19. The molecule has 2 rings (SSSR count). The number of hydrogen-bond donors (Lipinski definition) is 1. The molecule has 0 radical (unpaired) electrons. The van der Waals surface area contributed by atoms with Gasteiger partial charge in [0.2, 0.25) is 10.0 Å². The number of methoxy groups -OCH3 is 2. The Bertz CT molecular complexity index is 905. The number of carbonyl (C=O) groups is 1. The predicted octanol–water partition coefficient (Wildman–Crippen LogP) is 1.22. The van der Waals surface area contributed by atoms with Crippen LogP contribution in [-0.4, -0.2) is 52.1 Å². The van der Waals surface area contributed by atoms with Crippen LogP contribution in [0.4, 0.5) is 0 Å². The number of hydrogen-bond acceptors (Lipinski definition) is 5. The third-order valence-corrected chi connectivity index (χ3v) is 5.41. The monoisotopic (exact) mass is 381 g/mol. The van der Waals surface area contributed by atoms with Crippen LogP contribution in [0.3, 0.4) is 0 Å². The molecule has 1 N–H and O–H groups in total. The Labute approximate surface area is 153 Å². The van der Waals surface area contributed by atoms with E-state index in [1.54, 1.807) is 40.4 Å². The summed E-state index contributed by atoms with van der Waals surface area (Å²) in [6.07, 6.45) is 1.40. The number of carbonyl (C=O) groups excluding carboxylic acids is 1. The van der Waals surface area contributed by atoms with E-state index in [1.807, 2.05) is 6.07 Å². The smallest absolute Gasteiger partial charge is 0.270 e. The first-order chi connectivity index (χ1) is 12.2. The highest BCUT2D eigenvalue weighted by molar-refractivity contribution is 7.89. The number of aryl methyl sites for hydroxylation is 1. The van der Waals surface area contributed by atoms with Crippen LogP contribution in [0.5, 0.6) is 11.5 Å². The highest BCUT2D eigenvalue weighted by atomic mass is 32.2. The molecule has 0 bridgehead atoms. The van der Waals surface area contributed by atoms with Crippen molar-refractivity contribution in [2.75, 3.05) is 28.3 Å². The number of ether oxygens (including phenoxy) is 2. The van der Waals surface area contributed by atoms with E-state index < -0.39 is 10.0 Å². The van der Waals surface area contributed by atoms with Crippen LogP contribution >= 0.6 is 0 Å². The SMILES string of the molecule is CNS(=O)(=O)c1cc(C(=O)N(C)Cc2ccc(OC)cc2OC)n(C)c1. The number of benzene rings is 1. The second-order valence-electron chi connectivity index (χ2n) is 5.72. The Morgan fingerprint density at radius 2 is 1.92 bits per heavy atom. The highest BCUT2D eigenvalue weighted by Crippen LogP contribution is 2.26. The molecule has 2 aromatic rings. The first kappa shape index (κ1) is 19.8. The van der Waals surface area contributed by atoms with Gasteiger partial charge in [0, 0.05) is 38.5 Å². The van der Waals surface area contributed by atoms with Crippen molar-refractivity contribution in [2.24, 2.45) is 7.05 Å². The van der Waals surface area contributed by atoms with E-state index in [9.17, 15) is 13.2 Å². The van der Waals surface area contributed by atoms with Crippen LogP contribution in [-0.2, 0) is 23.6 Å². The molecule has 1 aromatic heterocycles. The summed E-state index contributed by atoms with van der Waals surface area (Å²) in [5, 5.41) is 0. The van der Waals surface area contributed by atoms with Gasteiger partial charge in [-0.15, -0.1) is 0 Å². The van der Waals surface area contributed by atoms with Crippen LogP contribution in [0.1, 0.15) is 16.1 Å². The normalized spacial score (nSPS) is 11.3. The summed E-state index contributed by atoms with van der Waals surface area (Å²) in [6, 6.07) is 6.71. The van der Waals surface area contributed by atoms with Crippen LogP contribution in [0.25, 0.3) is 0 Å². The molecule has 8 nitrogen and oxygen atoms in total. The summed E-state index contributed by atoms with van der Waals surface area (Å²) >= 11 is 0. The van der Waals surface area contributed by atoms with Crippen LogP contribution < -0.4 is 14.2 Å². The molecule has 0 aliphatic rings. The van der Waals surface area contributed by atoms with Crippen molar-refractivity contribution in [1.29, 1.82) is 0 Å². The summed E-state index contributed by atoms with van der Waals surface area (Å²) in [5.74, 6) is 0.959. The molecule has 0 atom stereocenters. The van der Waals surface area contributed by atoms with Gasteiger partial charge >= 0.3 is 0 Å². The molecule has 9 heteroatoms. The molecule has 0 saturated carbocycles. The molecular formula is C17H23N3O5S. The number of amides is 1. The number of nitrogens with one attached hydrogen (secondary N) is 1. The lowest BCUT2D eigenvalue weighted by atomic mass is 10.1. The van der Waals surface area contributed by atoms with Gasteiger partial charge in [-0.1, -0.05) is 0 Å². The van der Waals surface area contributed by atoms with E-state index in [1.165, 1.54) is 28.8 Å². The average Bonchev–Trinajstić information content (AvgIpc) is 3.03. The Balaban J connectivity index is 2.26. The standard InChI is InChI=1S/C17H23N3O5S/c1-18-26(22,23)14-9-15(19(2)11-14)17(21)20(3)10-12-6-7-13(24-4)8-16(12)25-5/h6-9,11,18H,10H2,1-5H3. The van der Waals surface area contributed by atoms with Gasteiger partial charge < -0.3 is 18.9 Å². The lowest BCUT2D eigenvalue weighted by Crippen LogP contribution is -2.28. The maximum absolute atomic E-state index is 12.7. The van der Waals surface area contributed by atoms with E-state index in [2.05, 4.69) is 4.72 Å². The Kier molecular flexibility index (Phi) is 5.94. The van der Waals surface area contributed by atoms with Gasteiger partial charge in [-0.3, -0.25) is 4.79 Å². The van der Waals surface area contributed by atoms with Gasteiger partial charge in [-0.05, 0) is 25.2 Å². The number of nitrogens with zero attached hydrogens (tertiary/aromatic N) is 2. The number of aromatic nitrogens is 1. The zero-order chi connectivity index (χ0) is 19.5. The molecule has 0 unspecified atom stereocenters. The summed E-state index contributed by atoms with van der Waals surface area (Å²) in [5.41, 5.74) is 1.08. The van der Waals surface area contributed by atoms with Crippen molar-refractivity contribution in [3.05, 3.63) is 41.7 Å². The molecule has 0 spiro atoms. The highest BCUT2D eigenvalue weighted by Gasteiger charge is 2.22. The topological polar surface area (TPSA) is 89.9 Å². The first-order valence-corrected chi connectivity index (χ1v) is 9.28. The quantitative estimate of drug-likeness (QED) is 0.779.